The number of carbonyl (C=O) groups excluding carboxylic acids is 3. The lowest BCUT2D eigenvalue weighted by Gasteiger charge is -2.41. The number of hydrogen-bond acceptors (Lipinski definition) is 4. The zero-order valence-corrected chi connectivity index (χ0v) is 20.6. The van der Waals surface area contributed by atoms with Crippen LogP contribution in [0.5, 0.6) is 5.75 Å². The quantitative estimate of drug-likeness (QED) is 0.530. The molecule has 0 radical (unpaired) electrons. The number of methoxy groups -OCH3 is 1. The summed E-state index contributed by atoms with van der Waals surface area (Å²) >= 11 is 0. The van der Waals surface area contributed by atoms with E-state index in [4.69, 9.17) is 4.74 Å². The van der Waals surface area contributed by atoms with Crippen molar-refractivity contribution < 1.29 is 19.1 Å². The third-order valence-corrected chi connectivity index (χ3v) is 6.86. The molecule has 0 bridgehead atoms. The molecule has 4 rings (SSSR count). The highest BCUT2D eigenvalue weighted by Gasteiger charge is 2.41. The van der Waals surface area contributed by atoms with Crippen LogP contribution in [-0.4, -0.2) is 36.3 Å². The van der Waals surface area contributed by atoms with Crippen molar-refractivity contribution in [1.29, 1.82) is 0 Å². The van der Waals surface area contributed by atoms with Crippen molar-refractivity contribution in [2.24, 2.45) is 11.8 Å². The van der Waals surface area contributed by atoms with Gasteiger partial charge in [0.15, 0.2) is 0 Å². The first-order valence-electron chi connectivity index (χ1n) is 12.6. The fourth-order valence-electron chi connectivity index (χ4n) is 4.78. The van der Waals surface area contributed by atoms with Gasteiger partial charge in [0.05, 0.1) is 19.1 Å². The molecule has 2 aromatic carbocycles. The van der Waals surface area contributed by atoms with E-state index in [2.05, 4.69) is 17.6 Å². The van der Waals surface area contributed by atoms with E-state index in [1.165, 1.54) is 0 Å². The van der Waals surface area contributed by atoms with Crippen molar-refractivity contribution in [3.05, 3.63) is 59.7 Å². The number of rotatable bonds is 10. The lowest BCUT2D eigenvalue weighted by atomic mass is 9.83. The molecule has 2 N–H and O–H groups in total. The van der Waals surface area contributed by atoms with Gasteiger partial charge in [0.1, 0.15) is 5.75 Å². The first-order chi connectivity index (χ1) is 17.0. The van der Waals surface area contributed by atoms with Crippen LogP contribution in [0, 0.1) is 11.8 Å². The molecule has 35 heavy (non-hydrogen) atoms. The van der Waals surface area contributed by atoms with E-state index in [-0.39, 0.29) is 35.6 Å². The fraction of sp³-hybridized carbons (Fsp3) is 0.464. The molecular weight excluding hydrogens is 442 g/mol. The Bertz CT molecular complexity index is 1070. The Balaban J connectivity index is 1.50. The van der Waals surface area contributed by atoms with Gasteiger partial charge >= 0.3 is 0 Å². The Labute approximate surface area is 207 Å². The van der Waals surface area contributed by atoms with E-state index in [0.717, 1.165) is 42.5 Å². The van der Waals surface area contributed by atoms with Crippen LogP contribution < -0.4 is 15.4 Å². The maximum absolute atomic E-state index is 13.5. The second-order valence-electron chi connectivity index (χ2n) is 9.45. The lowest BCUT2D eigenvalue weighted by Crippen LogP contribution is -2.48. The Kier molecular flexibility index (Phi) is 8.06. The zero-order chi connectivity index (χ0) is 24.8. The molecule has 1 saturated heterocycles. The summed E-state index contributed by atoms with van der Waals surface area (Å²) in [7, 11) is 1.62. The van der Waals surface area contributed by atoms with Crippen molar-refractivity contribution >= 4 is 23.4 Å². The highest BCUT2D eigenvalue weighted by atomic mass is 16.5. The smallest absolute Gasteiger partial charge is 0.227 e. The molecule has 1 aliphatic carbocycles. The normalized spacial score (nSPS) is 19.8. The largest absolute Gasteiger partial charge is 0.496 e. The number of ether oxygens (including phenoxy) is 1. The minimum atomic E-state index is -0.376. The fourth-order valence-corrected chi connectivity index (χ4v) is 4.78. The lowest BCUT2D eigenvalue weighted by molar-refractivity contribution is -0.143. The van der Waals surface area contributed by atoms with Crippen molar-refractivity contribution in [2.45, 2.75) is 58.0 Å². The number of piperidine rings is 1. The molecule has 1 saturated carbocycles. The van der Waals surface area contributed by atoms with E-state index in [0.29, 0.717) is 31.7 Å². The van der Waals surface area contributed by atoms with E-state index in [1.807, 2.05) is 53.4 Å². The topological polar surface area (TPSA) is 87.7 Å². The van der Waals surface area contributed by atoms with Gasteiger partial charge in [0.2, 0.25) is 17.7 Å². The molecule has 2 unspecified atom stereocenters. The van der Waals surface area contributed by atoms with Crippen LogP contribution in [-0.2, 0) is 20.9 Å². The summed E-state index contributed by atoms with van der Waals surface area (Å²) in [5.74, 6) is 0.504. The van der Waals surface area contributed by atoms with Gasteiger partial charge < -0.3 is 20.3 Å². The summed E-state index contributed by atoms with van der Waals surface area (Å²) in [6, 6.07) is 14.9. The molecular formula is C28H35N3O4. The molecule has 2 aliphatic rings. The molecule has 7 nitrogen and oxygen atoms in total. The van der Waals surface area contributed by atoms with Crippen LogP contribution >= 0.6 is 0 Å². The van der Waals surface area contributed by atoms with E-state index < -0.39 is 0 Å². The zero-order valence-electron chi connectivity index (χ0n) is 20.6. The van der Waals surface area contributed by atoms with Gasteiger partial charge in [-0.1, -0.05) is 43.7 Å². The van der Waals surface area contributed by atoms with Gasteiger partial charge in [-0.3, -0.25) is 14.4 Å². The number of hydrogen-bond donors (Lipinski definition) is 2. The first-order valence-corrected chi connectivity index (χ1v) is 12.6. The van der Waals surface area contributed by atoms with Gasteiger partial charge in [-0.2, -0.15) is 0 Å². The third-order valence-electron chi connectivity index (χ3n) is 6.86. The highest BCUT2D eigenvalue weighted by molar-refractivity contribution is 5.94. The van der Waals surface area contributed by atoms with Crippen LogP contribution in [0.15, 0.2) is 48.5 Å². The van der Waals surface area contributed by atoms with Crippen LogP contribution in [0.4, 0.5) is 5.69 Å². The number of amides is 3. The number of para-hydroxylation sites is 1. The minimum Gasteiger partial charge on any atom is -0.496 e. The Hall–Kier alpha value is -3.35. The predicted molar refractivity (Wildman–Crippen MR) is 135 cm³/mol. The molecule has 0 spiro atoms. The Morgan fingerprint density at radius 3 is 2.60 bits per heavy atom. The van der Waals surface area contributed by atoms with E-state index in [9.17, 15) is 14.4 Å². The summed E-state index contributed by atoms with van der Waals surface area (Å²) in [5, 5.41) is 6.04. The molecule has 186 valence electrons. The monoisotopic (exact) mass is 477 g/mol. The van der Waals surface area contributed by atoms with E-state index in [1.54, 1.807) is 7.11 Å². The Morgan fingerprint density at radius 2 is 1.86 bits per heavy atom. The predicted octanol–water partition coefficient (Wildman–Crippen LogP) is 4.44. The molecule has 2 atom stereocenters. The van der Waals surface area contributed by atoms with Crippen molar-refractivity contribution in [3.63, 3.8) is 0 Å². The number of anilines is 1. The number of unbranched alkanes of at least 4 members (excludes halogenated alkanes) is 1. The summed E-state index contributed by atoms with van der Waals surface area (Å²) in [6.07, 6.45) is 4.60. The Morgan fingerprint density at radius 1 is 1.06 bits per heavy atom. The minimum absolute atomic E-state index is 0.0601. The van der Waals surface area contributed by atoms with Gasteiger partial charge in [0.25, 0.3) is 0 Å². The van der Waals surface area contributed by atoms with Gasteiger partial charge in [0, 0.05) is 36.7 Å². The maximum Gasteiger partial charge on any atom is 0.227 e. The molecule has 3 amide bonds. The van der Waals surface area contributed by atoms with Crippen molar-refractivity contribution in [3.8, 4) is 5.75 Å². The van der Waals surface area contributed by atoms with Crippen molar-refractivity contribution in [1.82, 2.24) is 10.2 Å². The first kappa shape index (κ1) is 24.8. The van der Waals surface area contributed by atoms with Crippen LogP contribution in [0.3, 0.4) is 0 Å². The van der Waals surface area contributed by atoms with Crippen LogP contribution in [0.25, 0.3) is 0 Å². The van der Waals surface area contributed by atoms with Gasteiger partial charge in [-0.25, -0.2) is 0 Å². The number of carbonyl (C=O) groups is 3. The number of likely N-dealkylation sites (tertiary alicyclic amines) is 1. The SMILES string of the molecule is CCCCN1C(=O)CCC(C(=O)NCc2cccc(NC(=O)C3CC3)c2)C1c1ccccc1OC. The molecule has 1 aliphatic heterocycles. The summed E-state index contributed by atoms with van der Waals surface area (Å²) < 4.78 is 5.61. The average molecular weight is 478 g/mol. The third kappa shape index (κ3) is 6.02. The second-order valence-corrected chi connectivity index (χ2v) is 9.45. The summed E-state index contributed by atoms with van der Waals surface area (Å²) in [5.41, 5.74) is 2.52. The second kappa shape index (κ2) is 11.4. The molecule has 2 fully saturated rings. The summed E-state index contributed by atoms with van der Waals surface area (Å²) in [6.45, 7) is 3.06. The van der Waals surface area contributed by atoms with Crippen LogP contribution in [0.1, 0.15) is 62.6 Å². The molecule has 1 heterocycles. The van der Waals surface area contributed by atoms with Crippen molar-refractivity contribution in [2.75, 3.05) is 19.0 Å². The summed E-state index contributed by atoms with van der Waals surface area (Å²) in [4.78, 5) is 40.4. The molecule has 2 aromatic rings. The molecule has 0 aromatic heterocycles. The van der Waals surface area contributed by atoms with Gasteiger partial charge in [-0.15, -0.1) is 0 Å². The number of nitrogens with zero attached hydrogens (tertiary/aromatic N) is 1. The number of nitrogens with one attached hydrogen (secondary N) is 2. The molecule has 7 heteroatoms. The number of benzene rings is 2. The maximum atomic E-state index is 13.5. The van der Waals surface area contributed by atoms with Crippen LogP contribution in [0.2, 0.25) is 0 Å². The van der Waals surface area contributed by atoms with E-state index >= 15 is 0 Å². The average Bonchev–Trinajstić information content (AvgIpc) is 3.72. The van der Waals surface area contributed by atoms with Gasteiger partial charge in [-0.05, 0) is 49.4 Å². The standard InChI is InChI=1S/C28H35N3O4/c1-3-4-16-31-25(32)15-14-23(26(31)22-10-5-6-11-24(22)35-2)28(34)29-18-19-8-7-9-21(17-19)30-27(33)20-12-13-20/h5-11,17,20,23,26H,3-4,12-16,18H2,1-2H3,(H,29,34)(H,30,33). The highest BCUT2D eigenvalue weighted by Crippen LogP contribution is 2.41.